The Bertz CT molecular complexity index is 380. The second-order valence-electron chi connectivity index (χ2n) is 5.09. The third kappa shape index (κ3) is 1.57. The molecule has 0 bridgehead atoms. The largest absolute Gasteiger partial charge is 0.379 e. The summed E-state index contributed by atoms with van der Waals surface area (Å²) in [4.78, 5) is 4.52. The van der Waals surface area contributed by atoms with Gasteiger partial charge in [0.05, 0.1) is 24.2 Å². The Labute approximate surface area is 96.0 Å². The van der Waals surface area contributed by atoms with E-state index in [1.54, 1.807) is 0 Å². The first-order chi connectivity index (χ1) is 7.80. The molecule has 1 aromatic heterocycles. The van der Waals surface area contributed by atoms with Gasteiger partial charge in [-0.1, -0.05) is 0 Å². The standard InChI is InChI=1S/C12H19N3O/c1-12(4-2-6-16-8-12)15-9-14-10-7-13-5-3-11(10)15/h9,13H,2-8H2,1H3. The minimum absolute atomic E-state index is 0.121. The van der Waals surface area contributed by atoms with Crippen molar-refractivity contribution in [3.63, 3.8) is 0 Å². The average Bonchev–Trinajstić information content (AvgIpc) is 2.74. The van der Waals surface area contributed by atoms with Crippen molar-refractivity contribution >= 4 is 0 Å². The Kier molecular flexibility index (Phi) is 2.48. The summed E-state index contributed by atoms with van der Waals surface area (Å²) in [6, 6.07) is 0. The van der Waals surface area contributed by atoms with Crippen molar-refractivity contribution in [2.24, 2.45) is 0 Å². The first kappa shape index (κ1) is 10.3. The molecule has 1 fully saturated rings. The van der Waals surface area contributed by atoms with Crippen LogP contribution in [0.5, 0.6) is 0 Å². The van der Waals surface area contributed by atoms with E-state index in [1.165, 1.54) is 17.8 Å². The van der Waals surface area contributed by atoms with Gasteiger partial charge in [-0.25, -0.2) is 4.98 Å². The summed E-state index contributed by atoms with van der Waals surface area (Å²) in [6.07, 6.45) is 5.45. The lowest BCUT2D eigenvalue weighted by Crippen LogP contribution is -2.40. The highest BCUT2D eigenvalue weighted by molar-refractivity contribution is 5.18. The van der Waals surface area contributed by atoms with Gasteiger partial charge >= 0.3 is 0 Å². The van der Waals surface area contributed by atoms with Crippen LogP contribution >= 0.6 is 0 Å². The van der Waals surface area contributed by atoms with Crippen molar-refractivity contribution in [3.05, 3.63) is 17.7 Å². The molecule has 1 unspecified atom stereocenters. The molecule has 4 nitrogen and oxygen atoms in total. The van der Waals surface area contributed by atoms with Gasteiger partial charge in [0.2, 0.25) is 0 Å². The van der Waals surface area contributed by atoms with Crippen LogP contribution in [0.4, 0.5) is 0 Å². The number of ether oxygens (including phenoxy) is 1. The fourth-order valence-corrected chi connectivity index (χ4v) is 2.81. The number of imidazole rings is 1. The smallest absolute Gasteiger partial charge is 0.0958 e. The Balaban J connectivity index is 1.95. The van der Waals surface area contributed by atoms with Gasteiger partial charge in [0.15, 0.2) is 0 Å². The summed E-state index contributed by atoms with van der Waals surface area (Å²) in [5.41, 5.74) is 2.75. The molecule has 16 heavy (non-hydrogen) atoms. The van der Waals surface area contributed by atoms with Crippen molar-refractivity contribution in [2.45, 2.75) is 38.3 Å². The minimum Gasteiger partial charge on any atom is -0.379 e. The van der Waals surface area contributed by atoms with Crippen LogP contribution in [0.15, 0.2) is 6.33 Å². The Morgan fingerprint density at radius 2 is 2.50 bits per heavy atom. The Hall–Kier alpha value is -0.870. The van der Waals surface area contributed by atoms with Crippen LogP contribution in [0.25, 0.3) is 0 Å². The topological polar surface area (TPSA) is 39.1 Å². The summed E-state index contributed by atoms with van der Waals surface area (Å²) >= 11 is 0. The molecular formula is C12H19N3O. The van der Waals surface area contributed by atoms with E-state index in [0.29, 0.717) is 0 Å². The number of aromatic nitrogens is 2. The molecule has 0 amide bonds. The van der Waals surface area contributed by atoms with Crippen molar-refractivity contribution in [1.82, 2.24) is 14.9 Å². The molecule has 3 rings (SSSR count). The van der Waals surface area contributed by atoms with E-state index < -0.39 is 0 Å². The Morgan fingerprint density at radius 3 is 3.31 bits per heavy atom. The van der Waals surface area contributed by atoms with Gasteiger partial charge in [-0.3, -0.25) is 0 Å². The number of nitrogens with one attached hydrogen (secondary N) is 1. The van der Waals surface area contributed by atoms with Gasteiger partial charge in [0, 0.05) is 31.8 Å². The third-order valence-electron chi connectivity index (χ3n) is 3.78. The molecular weight excluding hydrogens is 202 g/mol. The van der Waals surface area contributed by atoms with E-state index in [2.05, 4.69) is 21.8 Å². The zero-order valence-electron chi connectivity index (χ0n) is 9.83. The van der Waals surface area contributed by atoms with E-state index in [9.17, 15) is 0 Å². The normalized spacial score (nSPS) is 30.1. The highest BCUT2D eigenvalue weighted by Crippen LogP contribution is 2.30. The van der Waals surface area contributed by atoms with E-state index >= 15 is 0 Å². The molecule has 88 valence electrons. The first-order valence-corrected chi connectivity index (χ1v) is 6.14. The maximum absolute atomic E-state index is 5.64. The quantitative estimate of drug-likeness (QED) is 0.770. The maximum atomic E-state index is 5.64. The van der Waals surface area contributed by atoms with Crippen molar-refractivity contribution in [1.29, 1.82) is 0 Å². The van der Waals surface area contributed by atoms with Gasteiger partial charge in [-0.15, -0.1) is 0 Å². The van der Waals surface area contributed by atoms with Crippen molar-refractivity contribution in [2.75, 3.05) is 19.8 Å². The summed E-state index contributed by atoms with van der Waals surface area (Å²) in [5.74, 6) is 0. The zero-order valence-corrected chi connectivity index (χ0v) is 9.83. The molecule has 0 saturated carbocycles. The van der Waals surface area contributed by atoms with Crippen LogP contribution < -0.4 is 5.32 Å². The average molecular weight is 221 g/mol. The lowest BCUT2D eigenvalue weighted by atomic mass is 9.93. The molecule has 1 aromatic rings. The molecule has 0 spiro atoms. The number of rotatable bonds is 1. The zero-order chi connectivity index (χ0) is 11.0. The summed E-state index contributed by atoms with van der Waals surface area (Å²) in [7, 11) is 0. The molecule has 1 N–H and O–H groups in total. The number of fused-ring (bicyclic) bond motifs is 1. The lowest BCUT2D eigenvalue weighted by Gasteiger charge is -2.36. The van der Waals surface area contributed by atoms with Gasteiger partial charge in [0.1, 0.15) is 0 Å². The van der Waals surface area contributed by atoms with Gasteiger partial charge < -0.3 is 14.6 Å². The highest BCUT2D eigenvalue weighted by Gasteiger charge is 2.32. The highest BCUT2D eigenvalue weighted by atomic mass is 16.5. The second kappa shape index (κ2) is 3.86. The molecule has 1 saturated heterocycles. The molecule has 0 aromatic carbocycles. The fourth-order valence-electron chi connectivity index (χ4n) is 2.81. The monoisotopic (exact) mass is 221 g/mol. The molecule has 0 radical (unpaired) electrons. The predicted octanol–water partition coefficient (Wildman–Crippen LogP) is 1.05. The van der Waals surface area contributed by atoms with Crippen LogP contribution in [0.1, 0.15) is 31.2 Å². The molecule has 4 heteroatoms. The fraction of sp³-hybridized carbons (Fsp3) is 0.750. The van der Waals surface area contributed by atoms with Crippen LogP contribution in [-0.4, -0.2) is 29.3 Å². The summed E-state index contributed by atoms with van der Waals surface area (Å²) in [6.45, 7) is 6.00. The minimum atomic E-state index is 0.121. The lowest BCUT2D eigenvalue weighted by molar-refractivity contribution is 0.00814. The van der Waals surface area contributed by atoms with Crippen molar-refractivity contribution < 1.29 is 4.74 Å². The van der Waals surface area contributed by atoms with Crippen molar-refractivity contribution in [3.8, 4) is 0 Å². The maximum Gasteiger partial charge on any atom is 0.0958 e. The van der Waals surface area contributed by atoms with Crippen LogP contribution in [-0.2, 0) is 23.2 Å². The number of hydrogen-bond acceptors (Lipinski definition) is 3. The SMILES string of the molecule is CC1(n2cnc3c2CCNC3)CCCOC1. The predicted molar refractivity (Wildman–Crippen MR) is 61.3 cm³/mol. The van der Waals surface area contributed by atoms with Gasteiger partial charge in [-0.2, -0.15) is 0 Å². The molecule has 1 atom stereocenters. The van der Waals surface area contributed by atoms with E-state index in [4.69, 9.17) is 4.74 Å². The second-order valence-corrected chi connectivity index (χ2v) is 5.09. The van der Waals surface area contributed by atoms with Gasteiger partial charge in [0.25, 0.3) is 0 Å². The molecule has 3 heterocycles. The first-order valence-electron chi connectivity index (χ1n) is 6.14. The molecule has 2 aliphatic rings. The molecule has 0 aliphatic carbocycles. The van der Waals surface area contributed by atoms with E-state index in [1.807, 2.05) is 6.33 Å². The third-order valence-corrected chi connectivity index (χ3v) is 3.78. The van der Waals surface area contributed by atoms with E-state index in [0.717, 1.165) is 39.1 Å². The number of nitrogens with zero attached hydrogens (tertiary/aromatic N) is 2. The van der Waals surface area contributed by atoms with Crippen LogP contribution in [0.3, 0.4) is 0 Å². The van der Waals surface area contributed by atoms with E-state index in [-0.39, 0.29) is 5.54 Å². The van der Waals surface area contributed by atoms with Crippen LogP contribution in [0.2, 0.25) is 0 Å². The van der Waals surface area contributed by atoms with Crippen LogP contribution in [0, 0.1) is 0 Å². The molecule has 2 aliphatic heterocycles. The Morgan fingerprint density at radius 1 is 1.56 bits per heavy atom. The van der Waals surface area contributed by atoms with Gasteiger partial charge in [-0.05, 0) is 19.8 Å². The summed E-state index contributed by atoms with van der Waals surface area (Å²) < 4.78 is 8.00. The summed E-state index contributed by atoms with van der Waals surface area (Å²) in [5, 5.41) is 3.36. The number of hydrogen-bond donors (Lipinski definition) is 1.